The van der Waals surface area contributed by atoms with Gasteiger partial charge in [-0.25, -0.2) is 9.37 Å². The van der Waals surface area contributed by atoms with Gasteiger partial charge in [0.05, 0.1) is 5.56 Å². The van der Waals surface area contributed by atoms with Gasteiger partial charge in [0.1, 0.15) is 11.6 Å². The zero-order chi connectivity index (χ0) is 13.0. The van der Waals surface area contributed by atoms with Gasteiger partial charge in [-0.2, -0.15) is 0 Å². The first-order valence-corrected chi connectivity index (χ1v) is 5.07. The fourth-order valence-electron chi connectivity index (χ4n) is 1.36. The largest absolute Gasteiger partial charge is 0.438 e. The van der Waals surface area contributed by atoms with E-state index in [2.05, 4.69) is 10.1 Å². The van der Waals surface area contributed by atoms with Crippen molar-refractivity contribution in [3.05, 3.63) is 54.0 Å². The lowest BCUT2D eigenvalue weighted by molar-refractivity contribution is 0.318. The van der Waals surface area contributed by atoms with E-state index in [1.165, 1.54) is 24.4 Å². The van der Waals surface area contributed by atoms with Gasteiger partial charge in [0.25, 0.3) is 0 Å². The molecule has 3 N–H and O–H groups in total. The second-order valence-corrected chi connectivity index (χ2v) is 3.40. The van der Waals surface area contributed by atoms with Gasteiger partial charge in [-0.3, -0.25) is 0 Å². The van der Waals surface area contributed by atoms with E-state index in [0.717, 1.165) is 0 Å². The molecule has 0 atom stereocenters. The molecule has 18 heavy (non-hydrogen) atoms. The summed E-state index contributed by atoms with van der Waals surface area (Å²) in [4.78, 5) is 3.96. The minimum absolute atomic E-state index is 0.130. The molecule has 0 fully saturated rings. The summed E-state index contributed by atoms with van der Waals surface area (Å²) in [7, 11) is 0. The molecule has 0 spiro atoms. The number of halogens is 1. The lowest BCUT2D eigenvalue weighted by Gasteiger charge is -2.08. The lowest BCUT2D eigenvalue weighted by Crippen LogP contribution is -2.14. The molecule has 0 aliphatic carbocycles. The van der Waals surface area contributed by atoms with Crippen LogP contribution in [0.3, 0.4) is 0 Å². The quantitative estimate of drug-likeness (QED) is 0.376. The maximum atomic E-state index is 13.0. The summed E-state index contributed by atoms with van der Waals surface area (Å²) >= 11 is 0. The standard InChI is InChI=1S/C12H10FN3O2/c13-8-3-1-4-9(7-8)18-12-10(11(14)16-17)5-2-6-15-12/h1-7,17H,(H2,14,16). The number of hydrogen-bond donors (Lipinski definition) is 2. The first-order chi connectivity index (χ1) is 8.70. The summed E-state index contributed by atoms with van der Waals surface area (Å²) in [5, 5.41) is 11.5. The van der Waals surface area contributed by atoms with Gasteiger partial charge in [0, 0.05) is 12.3 Å². The van der Waals surface area contributed by atoms with Gasteiger partial charge < -0.3 is 15.7 Å². The minimum atomic E-state index is -0.422. The molecular formula is C12H10FN3O2. The maximum Gasteiger partial charge on any atom is 0.230 e. The van der Waals surface area contributed by atoms with Gasteiger partial charge >= 0.3 is 0 Å². The van der Waals surface area contributed by atoms with E-state index >= 15 is 0 Å². The Balaban J connectivity index is 2.35. The van der Waals surface area contributed by atoms with Gasteiger partial charge in [0.15, 0.2) is 5.84 Å². The number of hydrogen-bond acceptors (Lipinski definition) is 4. The highest BCUT2D eigenvalue weighted by molar-refractivity contribution is 5.99. The summed E-state index contributed by atoms with van der Waals surface area (Å²) in [5.74, 6) is -0.137. The summed E-state index contributed by atoms with van der Waals surface area (Å²) in [6, 6.07) is 8.80. The molecule has 92 valence electrons. The smallest absolute Gasteiger partial charge is 0.230 e. The number of benzene rings is 1. The highest BCUT2D eigenvalue weighted by atomic mass is 19.1. The lowest BCUT2D eigenvalue weighted by atomic mass is 10.2. The topological polar surface area (TPSA) is 80.7 Å². The first-order valence-electron chi connectivity index (χ1n) is 5.07. The third-order valence-corrected chi connectivity index (χ3v) is 2.17. The number of ether oxygens (including phenoxy) is 1. The Morgan fingerprint density at radius 3 is 2.89 bits per heavy atom. The van der Waals surface area contributed by atoms with Crippen molar-refractivity contribution in [3.8, 4) is 11.6 Å². The van der Waals surface area contributed by atoms with Gasteiger partial charge in [-0.1, -0.05) is 11.2 Å². The molecule has 1 aromatic carbocycles. The van der Waals surface area contributed by atoms with E-state index in [9.17, 15) is 4.39 Å². The molecule has 0 unspecified atom stereocenters. The molecule has 2 aromatic rings. The van der Waals surface area contributed by atoms with Gasteiger partial charge in [-0.05, 0) is 24.3 Å². The molecule has 0 aliphatic rings. The van der Waals surface area contributed by atoms with Crippen LogP contribution in [0.5, 0.6) is 11.6 Å². The van der Waals surface area contributed by atoms with E-state index in [1.54, 1.807) is 18.2 Å². The second-order valence-electron chi connectivity index (χ2n) is 3.40. The van der Waals surface area contributed by atoms with Crippen LogP contribution in [-0.2, 0) is 0 Å². The molecule has 6 heteroatoms. The molecular weight excluding hydrogens is 237 g/mol. The number of nitrogens with zero attached hydrogens (tertiary/aromatic N) is 2. The van der Waals surface area contributed by atoms with Crippen LogP contribution >= 0.6 is 0 Å². The van der Waals surface area contributed by atoms with Crippen LogP contribution in [0.4, 0.5) is 4.39 Å². The SMILES string of the molecule is N/C(=N\O)c1cccnc1Oc1cccc(F)c1. The Morgan fingerprint density at radius 2 is 2.17 bits per heavy atom. The second kappa shape index (κ2) is 5.13. The number of aromatic nitrogens is 1. The molecule has 0 aliphatic heterocycles. The van der Waals surface area contributed by atoms with Crippen LogP contribution < -0.4 is 10.5 Å². The van der Waals surface area contributed by atoms with E-state index < -0.39 is 5.82 Å². The average Bonchev–Trinajstić information content (AvgIpc) is 2.38. The van der Waals surface area contributed by atoms with Crippen molar-refractivity contribution < 1.29 is 14.3 Å². The molecule has 1 heterocycles. The summed E-state index contributed by atoms with van der Waals surface area (Å²) in [6.45, 7) is 0. The number of rotatable bonds is 3. The first kappa shape index (κ1) is 11.8. The van der Waals surface area contributed by atoms with Crippen LogP contribution in [0.2, 0.25) is 0 Å². The van der Waals surface area contributed by atoms with Crippen LogP contribution in [0.1, 0.15) is 5.56 Å². The molecule has 0 saturated heterocycles. The summed E-state index contributed by atoms with van der Waals surface area (Å²) in [5.41, 5.74) is 5.81. The van der Waals surface area contributed by atoms with Crippen molar-refractivity contribution in [1.82, 2.24) is 4.98 Å². The van der Waals surface area contributed by atoms with E-state index in [4.69, 9.17) is 15.7 Å². The van der Waals surface area contributed by atoms with Gasteiger partial charge in [-0.15, -0.1) is 0 Å². The average molecular weight is 247 g/mol. The monoisotopic (exact) mass is 247 g/mol. The Hall–Kier alpha value is -2.63. The number of nitrogens with two attached hydrogens (primary N) is 1. The predicted molar refractivity (Wildman–Crippen MR) is 63.2 cm³/mol. The Labute approximate surface area is 102 Å². The van der Waals surface area contributed by atoms with Crippen molar-refractivity contribution in [3.63, 3.8) is 0 Å². The van der Waals surface area contributed by atoms with Crippen LogP contribution in [0.15, 0.2) is 47.8 Å². The van der Waals surface area contributed by atoms with Crippen molar-refractivity contribution in [2.75, 3.05) is 0 Å². The third-order valence-electron chi connectivity index (χ3n) is 2.17. The molecule has 0 amide bonds. The van der Waals surface area contributed by atoms with E-state index in [1.807, 2.05) is 0 Å². The molecule has 5 nitrogen and oxygen atoms in total. The third kappa shape index (κ3) is 2.54. The maximum absolute atomic E-state index is 13.0. The van der Waals surface area contributed by atoms with Crippen molar-refractivity contribution in [1.29, 1.82) is 0 Å². The van der Waals surface area contributed by atoms with Crippen LogP contribution in [-0.4, -0.2) is 16.0 Å². The zero-order valence-electron chi connectivity index (χ0n) is 9.25. The van der Waals surface area contributed by atoms with Crippen LogP contribution in [0.25, 0.3) is 0 Å². The molecule has 0 bridgehead atoms. The number of pyridine rings is 1. The fourth-order valence-corrected chi connectivity index (χ4v) is 1.36. The van der Waals surface area contributed by atoms with Crippen molar-refractivity contribution >= 4 is 5.84 Å². The summed E-state index contributed by atoms with van der Waals surface area (Å²) < 4.78 is 18.4. The Morgan fingerprint density at radius 1 is 1.33 bits per heavy atom. The minimum Gasteiger partial charge on any atom is -0.438 e. The number of amidine groups is 1. The Bertz CT molecular complexity index is 587. The highest BCUT2D eigenvalue weighted by Crippen LogP contribution is 2.23. The van der Waals surface area contributed by atoms with Gasteiger partial charge in [0.2, 0.25) is 5.88 Å². The predicted octanol–water partition coefficient (Wildman–Crippen LogP) is 2.11. The molecule has 0 saturated carbocycles. The van der Waals surface area contributed by atoms with Crippen molar-refractivity contribution in [2.45, 2.75) is 0 Å². The van der Waals surface area contributed by atoms with Crippen molar-refractivity contribution in [2.24, 2.45) is 10.9 Å². The number of oxime groups is 1. The fraction of sp³-hybridized carbons (Fsp3) is 0. The van der Waals surface area contributed by atoms with E-state index in [-0.39, 0.29) is 17.5 Å². The normalized spacial score (nSPS) is 11.3. The summed E-state index contributed by atoms with van der Waals surface area (Å²) in [6.07, 6.45) is 1.49. The Kier molecular flexibility index (Phi) is 3.38. The molecule has 1 aromatic heterocycles. The highest BCUT2D eigenvalue weighted by Gasteiger charge is 2.10. The zero-order valence-corrected chi connectivity index (χ0v) is 9.25. The molecule has 2 rings (SSSR count). The molecule has 0 radical (unpaired) electrons. The van der Waals surface area contributed by atoms with E-state index in [0.29, 0.717) is 5.56 Å². The van der Waals surface area contributed by atoms with Crippen LogP contribution in [0, 0.1) is 5.82 Å².